The zero-order valence-corrected chi connectivity index (χ0v) is 13.7. The maximum atomic E-state index is 6.23. The van der Waals surface area contributed by atoms with E-state index < -0.39 is 0 Å². The van der Waals surface area contributed by atoms with Gasteiger partial charge in [-0.2, -0.15) is 0 Å². The van der Waals surface area contributed by atoms with Crippen LogP contribution < -0.4 is 4.74 Å². The molecule has 1 unspecified atom stereocenters. The van der Waals surface area contributed by atoms with Gasteiger partial charge in [0.2, 0.25) is 0 Å². The minimum atomic E-state index is 0.217. The number of benzene rings is 2. The molecular formula is C17H16BrClO. The van der Waals surface area contributed by atoms with E-state index in [1.807, 2.05) is 12.1 Å². The van der Waals surface area contributed by atoms with Gasteiger partial charge in [0.05, 0.1) is 6.61 Å². The summed E-state index contributed by atoms with van der Waals surface area (Å²) in [6.45, 7) is 2.90. The summed E-state index contributed by atoms with van der Waals surface area (Å²) < 4.78 is 5.79. The summed E-state index contributed by atoms with van der Waals surface area (Å²) in [7, 11) is 0. The lowest BCUT2D eigenvalue weighted by atomic mass is 9.98. The van der Waals surface area contributed by atoms with E-state index in [2.05, 4.69) is 47.1 Å². The number of halogens is 2. The van der Waals surface area contributed by atoms with E-state index in [9.17, 15) is 0 Å². The number of hydrogen-bond donors (Lipinski definition) is 0. The molecule has 0 saturated carbocycles. The molecule has 3 rings (SSSR count). The Balaban J connectivity index is 1.92. The summed E-state index contributed by atoms with van der Waals surface area (Å²) in [5, 5.41) is 0.790. The van der Waals surface area contributed by atoms with Crippen LogP contribution in [0.4, 0.5) is 0 Å². The molecule has 0 aromatic heterocycles. The van der Waals surface area contributed by atoms with Gasteiger partial charge in [-0.25, -0.2) is 0 Å². The van der Waals surface area contributed by atoms with Crippen molar-refractivity contribution in [3.8, 4) is 5.75 Å². The zero-order valence-electron chi connectivity index (χ0n) is 11.3. The van der Waals surface area contributed by atoms with Crippen LogP contribution in [0.3, 0.4) is 0 Å². The highest BCUT2D eigenvalue weighted by Gasteiger charge is 2.22. The highest BCUT2D eigenvalue weighted by molar-refractivity contribution is 9.09. The van der Waals surface area contributed by atoms with Crippen LogP contribution in [0.5, 0.6) is 5.75 Å². The van der Waals surface area contributed by atoms with Crippen LogP contribution in [0.2, 0.25) is 5.02 Å². The molecule has 0 radical (unpaired) electrons. The highest BCUT2D eigenvalue weighted by atomic mass is 79.9. The van der Waals surface area contributed by atoms with Crippen molar-refractivity contribution in [1.82, 2.24) is 0 Å². The lowest BCUT2D eigenvalue weighted by molar-refractivity contribution is 0.353. The lowest BCUT2D eigenvalue weighted by Gasteiger charge is -2.16. The van der Waals surface area contributed by atoms with Crippen LogP contribution in [-0.4, -0.2) is 6.61 Å². The first-order valence-electron chi connectivity index (χ1n) is 6.79. The predicted octanol–water partition coefficient (Wildman–Crippen LogP) is 5.26. The van der Waals surface area contributed by atoms with Crippen molar-refractivity contribution >= 4 is 27.5 Å². The van der Waals surface area contributed by atoms with Gasteiger partial charge in [0.15, 0.2) is 0 Å². The van der Waals surface area contributed by atoms with Crippen LogP contribution in [0.1, 0.15) is 27.1 Å². The Labute approximate surface area is 133 Å². The number of fused-ring (bicyclic) bond motifs is 1. The topological polar surface area (TPSA) is 9.23 Å². The van der Waals surface area contributed by atoms with Gasteiger partial charge in [-0.3, -0.25) is 0 Å². The molecule has 0 bridgehead atoms. The third-order valence-corrected chi connectivity index (χ3v) is 4.81. The molecule has 1 nitrogen and oxygen atoms in total. The fourth-order valence-electron chi connectivity index (χ4n) is 2.67. The molecule has 2 aromatic rings. The molecule has 2 aromatic carbocycles. The second kappa shape index (κ2) is 5.79. The molecule has 0 aliphatic carbocycles. The minimum Gasteiger partial charge on any atom is -0.493 e. The first-order chi connectivity index (χ1) is 9.65. The molecule has 0 amide bonds. The molecular weight excluding hydrogens is 336 g/mol. The minimum absolute atomic E-state index is 0.217. The molecule has 0 spiro atoms. The maximum absolute atomic E-state index is 6.23. The summed E-state index contributed by atoms with van der Waals surface area (Å²) >= 11 is 10.0. The van der Waals surface area contributed by atoms with Crippen molar-refractivity contribution in [2.75, 3.05) is 6.61 Å². The van der Waals surface area contributed by atoms with Gasteiger partial charge in [-0.1, -0.05) is 51.8 Å². The molecule has 0 N–H and O–H groups in total. The summed E-state index contributed by atoms with van der Waals surface area (Å²) in [4.78, 5) is 0.217. The van der Waals surface area contributed by atoms with Crippen molar-refractivity contribution in [2.24, 2.45) is 0 Å². The van der Waals surface area contributed by atoms with E-state index >= 15 is 0 Å². The SMILES string of the molecule is Cc1ccccc1CC(Br)c1cc(Cl)cc2c1OCC2. The Bertz CT molecular complexity index is 639. The lowest BCUT2D eigenvalue weighted by Crippen LogP contribution is -2.00. The first-order valence-corrected chi connectivity index (χ1v) is 8.08. The molecule has 104 valence electrons. The van der Waals surface area contributed by atoms with Crippen molar-refractivity contribution in [1.29, 1.82) is 0 Å². The second-order valence-electron chi connectivity index (χ2n) is 5.18. The van der Waals surface area contributed by atoms with Gasteiger partial charge >= 0.3 is 0 Å². The molecule has 1 aliphatic heterocycles. The summed E-state index contributed by atoms with van der Waals surface area (Å²) in [6, 6.07) is 12.5. The Morgan fingerprint density at radius 1 is 1.30 bits per heavy atom. The second-order valence-corrected chi connectivity index (χ2v) is 6.72. The third kappa shape index (κ3) is 2.72. The number of rotatable bonds is 3. The van der Waals surface area contributed by atoms with Gasteiger partial charge in [0.25, 0.3) is 0 Å². The quantitative estimate of drug-likeness (QED) is 0.685. The van der Waals surface area contributed by atoms with Crippen molar-refractivity contribution < 1.29 is 4.74 Å². The molecule has 1 aliphatic rings. The van der Waals surface area contributed by atoms with E-state index in [-0.39, 0.29) is 4.83 Å². The Morgan fingerprint density at radius 3 is 2.90 bits per heavy atom. The Kier molecular flexibility index (Phi) is 4.04. The zero-order chi connectivity index (χ0) is 14.1. The van der Waals surface area contributed by atoms with Crippen molar-refractivity contribution in [2.45, 2.75) is 24.6 Å². The molecule has 20 heavy (non-hydrogen) atoms. The average molecular weight is 352 g/mol. The van der Waals surface area contributed by atoms with E-state index in [4.69, 9.17) is 16.3 Å². The van der Waals surface area contributed by atoms with Crippen LogP contribution in [0.15, 0.2) is 36.4 Å². The monoisotopic (exact) mass is 350 g/mol. The van der Waals surface area contributed by atoms with Gasteiger partial charge < -0.3 is 4.74 Å². The fourth-order valence-corrected chi connectivity index (χ4v) is 3.61. The Morgan fingerprint density at radius 2 is 2.10 bits per heavy atom. The molecule has 3 heteroatoms. The molecule has 0 saturated heterocycles. The van der Waals surface area contributed by atoms with Gasteiger partial charge in [-0.15, -0.1) is 0 Å². The maximum Gasteiger partial charge on any atom is 0.127 e. The summed E-state index contributed by atoms with van der Waals surface area (Å²) in [6.07, 6.45) is 1.88. The van der Waals surface area contributed by atoms with E-state index in [1.54, 1.807) is 0 Å². The van der Waals surface area contributed by atoms with Crippen molar-refractivity contribution in [3.05, 3.63) is 63.7 Å². The van der Waals surface area contributed by atoms with Gasteiger partial charge in [0.1, 0.15) is 5.75 Å². The fraction of sp³-hybridized carbons (Fsp3) is 0.294. The molecule has 1 atom stereocenters. The highest BCUT2D eigenvalue weighted by Crippen LogP contribution is 2.41. The molecule has 1 heterocycles. The van der Waals surface area contributed by atoms with Gasteiger partial charge in [0, 0.05) is 21.8 Å². The predicted molar refractivity (Wildman–Crippen MR) is 87.2 cm³/mol. The smallest absolute Gasteiger partial charge is 0.127 e. The van der Waals surface area contributed by atoms with E-state index in [0.717, 1.165) is 35.8 Å². The average Bonchev–Trinajstić information content (AvgIpc) is 2.88. The normalized spacial score (nSPS) is 14.8. The van der Waals surface area contributed by atoms with Crippen LogP contribution >= 0.6 is 27.5 Å². The number of alkyl halides is 1. The van der Waals surface area contributed by atoms with Crippen LogP contribution in [0, 0.1) is 6.92 Å². The van der Waals surface area contributed by atoms with Crippen LogP contribution in [-0.2, 0) is 12.8 Å². The first kappa shape index (κ1) is 14.0. The number of aryl methyl sites for hydroxylation is 1. The largest absolute Gasteiger partial charge is 0.493 e. The van der Waals surface area contributed by atoms with Crippen LogP contribution in [0.25, 0.3) is 0 Å². The van der Waals surface area contributed by atoms with Crippen molar-refractivity contribution in [3.63, 3.8) is 0 Å². The Hall–Kier alpha value is -0.990. The standard InChI is InChI=1S/C17H16BrClO/c1-11-4-2-3-5-12(11)9-16(18)15-10-14(19)8-13-6-7-20-17(13)15/h2-5,8,10,16H,6-7,9H2,1H3. The number of hydrogen-bond acceptors (Lipinski definition) is 1. The van der Waals surface area contributed by atoms with E-state index in [1.165, 1.54) is 16.7 Å². The number of ether oxygens (including phenoxy) is 1. The van der Waals surface area contributed by atoms with E-state index in [0.29, 0.717) is 0 Å². The third-order valence-electron chi connectivity index (χ3n) is 3.77. The summed E-state index contributed by atoms with van der Waals surface area (Å²) in [5.41, 5.74) is 5.05. The summed E-state index contributed by atoms with van der Waals surface area (Å²) in [5.74, 6) is 1.02. The van der Waals surface area contributed by atoms with Gasteiger partial charge in [-0.05, 0) is 42.2 Å². The molecule has 0 fully saturated rings.